The first kappa shape index (κ1) is 9.73. The number of rotatable bonds is 2. The van der Waals surface area contributed by atoms with Crippen LogP contribution in [0, 0.1) is 0 Å². The standard InChI is InChI=1S/C7H7BrN2OS/c8-6-3-1-2-5(4-6)7(11)12-10-9/h1-4,10H,9H2. The van der Waals surface area contributed by atoms with E-state index in [1.165, 1.54) is 0 Å². The number of nitrogens with one attached hydrogen (secondary N) is 1. The van der Waals surface area contributed by atoms with Crippen molar-refractivity contribution in [3.63, 3.8) is 0 Å². The van der Waals surface area contributed by atoms with Gasteiger partial charge >= 0.3 is 0 Å². The van der Waals surface area contributed by atoms with Gasteiger partial charge in [-0.05, 0) is 12.1 Å². The summed E-state index contributed by atoms with van der Waals surface area (Å²) in [6.07, 6.45) is 0. The Morgan fingerprint density at radius 1 is 1.58 bits per heavy atom. The summed E-state index contributed by atoms with van der Waals surface area (Å²) in [5.41, 5.74) is 0.618. The largest absolute Gasteiger partial charge is 0.280 e. The van der Waals surface area contributed by atoms with E-state index < -0.39 is 0 Å². The summed E-state index contributed by atoms with van der Waals surface area (Å²) in [5, 5.41) is -0.0983. The predicted octanol–water partition coefficient (Wildman–Crippen LogP) is 1.70. The summed E-state index contributed by atoms with van der Waals surface area (Å²) in [5.74, 6) is 4.99. The van der Waals surface area contributed by atoms with Gasteiger partial charge in [0.2, 0.25) is 5.12 Å². The van der Waals surface area contributed by atoms with Crippen molar-refractivity contribution in [3.8, 4) is 0 Å². The van der Waals surface area contributed by atoms with Gasteiger partial charge in [0.25, 0.3) is 0 Å². The highest BCUT2D eigenvalue weighted by Crippen LogP contribution is 2.14. The van der Waals surface area contributed by atoms with E-state index in [1.54, 1.807) is 18.2 Å². The number of hydrogen-bond acceptors (Lipinski definition) is 4. The van der Waals surface area contributed by atoms with Crippen LogP contribution >= 0.6 is 27.9 Å². The van der Waals surface area contributed by atoms with Crippen LogP contribution in [0.15, 0.2) is 28.7 Å². The molecule has 0 radical (unpaired) electrons. The van der Waals surface area contributed by atoms with Crippen LogP contribution in [0.25, 0.3) is 0 Å². The van der Waals surface area contributed by atoms with Crippen molar-refractivity contribution < 1.29 is 4.79 Å². The lowest BCUT2D eigenvalue weighted by atomic mass is 10.2. The van der Waals surface area contributed by atoms with Gasteiger partial charge in [-0.3, -0.25) is 10.6 Å². The number of halogens is 1. The molecule has 0 unspecified atom stereocenters. The molecule has 0 aromatic heterocycles. The molecule has 3 nitrogen and oxygen atoms in total. The molecule has 0 spiro atoms. The summed E-state index contributed by atoms with van der Waals surface area (Å²) in [6.45, 7) is 0. The van der Waals surface area contributed by atoms with Crippen molar-refractivity contribution in [2.24, 2.45) is 5.84 Å². The Morgan fingerprint density at radius 2 is 2.33 bits per heavy atom. The van der Waals surface area contributed by atoms with Crippen LogP contribution < -0.4 is 10.7 Å². The normalized spacial score (nSPS) is 9.83. The average molecular weight is 247 g/mol. The number of nitrogens with two attached hydrogens (primary N) is 1. The molecule has 0 bridgehead atoms. The lowest BCUT2D eigenvalue weighted by molar-refractivity contribution is 0.108. The van der Waals surface area contributed by atoms with Gasteiger partial charge in [-0.1, -0.05) is 28.1 Å². The summed E-state index contributed by atoms with van der Waals surface area (Å²) < 4.78 is 0.881. The topological polar surface area (TPSA) is 55.1 Å². The average Bonchev–Trinajstić information content (AvgIpc) is 2.05. The Morgan fingerprint density at radius 3 is 2.92 bits per heavy atom. The molecule has 0 aliphatic carbocycles. The van der Waals surface area contributed by atoms with Gasteiger partial charge in [-0.25, -0.2) is 0 Å². The first-order chi connectivity index (χ1) is 5.74. The number of carbonyl (C=O) groups is 1. The quantitative estimate of drug-likeness (QED) is 0.474. The predicted molar refractivity (Wildman–Crippen MR) is 53.4 cm³/mol. The zero-order chi connectivity index (χ0) is 8.97. The molecule has 0 atom stereocenters. The van der Waals surface area contributed by atoms with E-state index in [1.807, 2.05) is 6.07 Å². The fraction of sp³-hybridized carbons (Fsp3) is 0. The number of hydrogen-bond donors (Lipinski definition) is 2. The molecular weight excluding hydrogens is 240 g/mol. The molecular formula is C7H7BrN2OS. The molecule has 5 heteroatoms. The molecule has 0 aliphatic heterocycles. The third kappa shape index (κ3) is 2.60. The SMILES string of the molecule is NNSC(=O)c1cccc(Br)c1. The minimum atomic E-state index is -0.0983. The first-order valence-corrected chi connectivity index (χ1v) is 4.77. The van der Waals surface area contributed by atoms with Gasteiger partial charge in [0.15, 0.2) is 0 Å². The maximum Gasteiger partial charge on any atom is 0.235 e. The van der Waals surface area contributed by atoms with E-state index in [4.69, 9.17) is 5.84 Å². The van der Waals surface area contributed by atoms with Crippen molar-refractivity contribution in [2.75, 3.05) is 0 Å². The Labute approximate surface area is 82.9 Å². The fourth-order valence-electron chi connectivity index (χ4n) is 0.728. The number of carbonyl (C=O) groups excluding carboxylic acids is 1. The zero-order valence-electron chi connectivity index (χ0n) is 6.08. The Balaban J connectivity index is 2.81. The Bertz CT molecular complexity index is 292. The minimum absolute atomic E-state index is 0.0983. The van der Waals surface area contributed by atoms with Crippen molar-refractivity contribution in [1.82, 2.24) is 4.83 Å². The van der Waals surface area contributed by atoms with E-state index in [0.29, 0.717) is 5.56 Å². The van der Waals surface area contributed by atoms with E-state index in [-0.39, 0.29) is 5.12 Å². The monoisotopic (exact) mass is 246 g/mol. The van der Waals surface area contributed by atoms with Crippen LogP contribution in [-0.4, -0.2) is 5.12 Å². The van der Waals surface area contributed by atoms with E-state index >= 15 is 0 Å². The van der Waals surface area contributed by atoms with Crippen molar-refractivity contribution in [3.05, 3.63) is 34.3 Å². The smallest absolute Gasteiger partial charge is 0.235 e. The lowest BCUT2D eigenvalue weighted by Crippen LogP contribution is -2.15. The van der Waals surface area contributed by atoms with Crippen molar-refractivity contribution in [1.29, 1.82) is 0 Å². The van der Waals surface area contributed by atoms with E-state index in [2.05, 4.69) is 20.8 Å². The minimum Gasteiger partial charge on any atom is -0.280 e. The number of benzene rings is 1. The van der Waals surface area contributed by atoms with Crippen LogP contribution in [0.5, 0.6) is 0 Å². The molecule has 0 fully saturated rings. The van der Waals surface area contributed by atoms with Crippen LogP contribution in [0.4, 0.5) is 0 Å². The van der Waals surface area contributed by atoms with Crippen molar-refractivity contribution >= 4 is 33.0 Å². The molecule has 0 amide bonds. The van der Waals surface area contributed by atoms with Crippen molar-refractivity contribution in [2.45, 2.75) is 0 Å². The third-order valence-corrected chi connectivity index (χ3v) is 2.24. The molecule has 0 aliphatic rings. The summed E-state index contributed by atoms with van der Waals surface area (Å²) >= 11 is 4.13. The van der Waals surface area contributed by atoms with Crippen LogP contribution in [0.2, 0.25) is 0 Å². The van der Waals surface area contributed by atoms with Gasteiger partial charge in [0.1, 0.15) is 0 Å². The van der Waals surface area contributed by atoms with Crippen LogP contribution in [0.3, 0.4) is 0 Å². The summed E-state index contributed by atoms with van der Waals surface area (Å²) in [6, 6.07) is 7.13. The lowest BCUT2D eigenvalue weighted by Gasteiger charge is -1.98. The van der Waals surface area contributed by atoms with Crippen LogP contribution in [0.1, 0.15) is 10.4 Å². The zero-order valence-corrected chi connectivity index (χ0v) is 8.48. The highest BCUT2D eigenvalue weighted by molar-refractivity contribution is 9.10. The Kier molecular flexibility index (Phi) is 3.74. The van der Waals surface area contributed by atoms with E-state index in [9.17, 15) is 4.79 Å². The number of hydrazine groups is 1. The molecule has 0 heterocycles. The summed E-state index contributed by atoms with van der Waals surface area (Å²) in [4.78, 5) is 13.4. The second-order valence-corrected chi connectivity index (χ2v) is 3.74. The molecule has 3 N–H and O–H groups in total. The highest BCUT2D eigenvalue weighted by Gasteiger charge is 2.04. The van der Waals surface area contributed by atoms with Gasteiger partial charge in [-0.15, -0.1) is 0 Å². The molecule has 12 heavy (non-hydrogen) atoms. The molecule has 1 aromatic rings. The Hall–Kier alpha value is -0.360. The molecule has 1 rings (SSSR count). The molecule has 64 valence electrons. The van der Waals surface area contributed by atoms with Gasteiger partial charge in [-0.2, -0.15) is 4.83 Å². The third-order valence-electron chi connectivity index (χ3n) is 1.21. The first-order valence-electron chi connectivity index (χ1n) is 3.16. The fourth-order valence-corrected chi connectivity index (χ4v) is 1.48. The highest BCUT2D eigenvalue weighted by atomic mass is 79.9. The maximum atomic E-state index is 11.2. The maximum absolute atomic E-state index is 11.2. The van der Waals surface area contributed by atoms with E-state index in [0.717, 1.165) is 16.4 Å². The molecule has 1 aromatic carbocycles. The second-order valence-electron chi connectivity index (χ2n) is 2.02. The second kappa shape index (κ2) is 4.61. The molecule has 0 saturated heterocycles. The van der Waals surface area contributed by atoms with Gasteiger partial charge in [0, 0.05) is 22.0 Å². The van der Waals surface area contributed by atoms with Gasteiger partial charge < -0.3 is 0 Å². The summed E-state index contributed by atoms with van der Waals surface area (Å²) in [7, 11) is 0. The molecule has 0 saturated carbocycles. The van der Waals surface area contributed by atoms with Crippen LogP contribution in [-0.2, 0) is 0 Å². The van der Waals surface area contributed by atoms with Gasteiger partial charge in [0.05, 0.1) is 0 Å².